The molecule has 0 spiro atoms. The Balaban J connectivity index is 1.46. The van der Waals surface area contributed by atoms with Crippen molar-refractivity contribution in [1.82, 2.24) is 10.3 Å². The number of carbonyl (C=O) groups excluding carboxylic acids is 1. The number of hydrogen-bond acceptors (Lipinski definition) is 5. The molecule has 0 aliphatic heterocycles. The van der Waals surface area contributed by atoms with Gasteiger partial charge in [0.2, 0.25) is 5.89 Å². The zero-order chi connectivity index (χ0) is 22.7. The molecule has 32 heavy (non-hydrogen) atoms. The van der Waals surface area contributed by atoms with Crippen LogP contribution in [0, 0.1) is 5.82 Å². The predicted molar refractivity (Wildman–Crippen MR) is 126 cm³/mol. The maximum absolute atomic E-state index is 13.2. The lowest BCUT2D eigenvalue weighted by molar-refractivity contribution is 0.0978. The molecule has 1 amide bonds. The van der Waals surface area contributed by atoms with Crippen molar-refractivity contribution >= 4 is 51.6 Å². The van der Waals surface area contributed by atoms with Gasteiger partial charge in [0.25, 0.3) is 5.91 Å². The maximum Gasteiger partial charge on any atom is 0.258 e. The lowest BCUT2D eigenvalue weighted by Gasteiger charge is -2.10. The van der Waals surface area contributed by atoms with E-state index in [0.29, 0.717) is 29.3 Å². The minimum atomic E-state index is -0.548. The van der Waals surface area contributed by atoms with Crippen molar-refractivity contribution in [3.8, 4) is 17.2 Å². The summed E-state index contributed by atoms with van der Waals surface area (Å²) in [4.78, 5) is 16.9. The summed E-state index contributed by atoms with van der Waals surface area (Å²) in [6, 6.07) is 16.2. The zero-order valence-electron chi connectivity index (χ0n) is 16.8. The van der Waals surface area contributed by atoms with E-state index in [4.69, 9.17) is 33.0 Å². The number of aromatic nitrogens is 1. The number of fused-ring (bicyclic) bond motifs is 1. The number of oxazole rings is 1. The fourth-order valence-corrected chi connectivity index (χ4v) is 3.46. The number of anilines is 1. The number of nitrogens with one attached hydrogen (secondary N) is 2. The molecule has 3 aromatic carbocycles. The van der Waals surface area contributed by atoms with Gasteiger partial charge in [-0.25, -0.2) is 9.37 Å². The molecule has 1 aromatic heterocycles. The van der Waals surface area contributed by atoms with E-state index in [1.165, 1.54) is 6.07 Å². The van der Waals surface area contributed by atoms with Gasteiger partial charge in [-0.1, -0.05) is 11.6 Å². The first-order valence-electron chi connectivity index (χ1n) is 9.64. The van der Waals surface area contributed by atoms with Crippen LogP contribution >= 0.6 is 23.8 Å². The van der Waals surface area contributed by atoms with Crippen LogP contribution in [0.25, 0.3) is 22.6 Å². The molecule has 0 saturated carbocycles. The average Bonchev–Trinajstić information content (AvgIpc) is 3.17. The van der Waals surface area contributed by atoms with Crippen LogP contribution in [0.1, 0.15) is 17.3 Å². The van der Waals surface area contributed by atoms with Crippen LogP contribution in [0.2, 0.25) is 5.02 Å². The van der Waals surface area contributed by atoms with Gasteiger partial charge < -0.3 is 14.5 Å². The minimum Gasteiger partial charge on any atom is -0.494 e. The molecule has 9 heteroatoms. The Hall–Kier alpha value is -3.49. The molecule has 2 N–H and O–H groups in total. The van der Waals surface area contributed by atoms with Crippen LogP contribution in [0.4, 0.5) is 10.1 Å². The molecule has 0 fully saturated rings. The van der Waals surface area contributed by atoms with Gasteiger partial charge in [0.05, 0.1) is 17.2 Å². The summed E-state index contributed by atoms with van der Waals surface area (Å²) in [5.41, 5.74) is 2.77. The molecular formula is C23H17ClFN3O3S. The summed E-state index contributed by atoms with van der Waals surface area (Å²) in [5.74, 6) is 0.170. The quantitative estimate of drug-likeness (QED) is 0.359. The SMILES string of the molecule is CCOc1ccc(-c2nc3cc(NC(=S)NC(=O)c4ccc(F)cc4Cl)ccc3o2)cc1. The second kappa shape index (κ2) is 9.33. The van der Waals surface area contributed by atoms with Crippen molar-refractivity contribution in [1.29, 1.82) is 0 Å². The largest absolute Gasteiger partial charge is 0.494 e. The first-order valence-corrected chi connectivity index (χ1v) is 10.4. The molecule has 0 radical (unpaired) electrons. The van der Waals surface area contributed by atoms with Crippen molar-refractivity contribution in [2.45, 2.75) is 6.92 Å². The van der Waals surface area contributed by atoms with Gasteiger partial charge in [-0.15, -0.1) is 0 Å². The minimum absolute atomic E-state index is 0.00358. The van der Waals surface area contributed by atoms with Crippen LogP contribution in [0.15, 0.2) is 65.1 Å². The lowest BCUT2D eigenvalue weighted by atomic mass is 10.2. The van der Waals surface area contributed by atoms with Crippen molar-refractivity contribution in [2.24, 2.45) is 0 Å². The van der Waals surface area contributed by atoms with Crippen molar-refractivity contribution in [3.63, 3.8) is 0 Å². The molecule has 6 nitrogen and oxygen atoms in total. The van der Waals surface area contributed by atoms with Gasteiger partial charge in [-0.3, -0.25) is 10.1 Å². The summed E-state index contributed by atoms with van der Waals surface area (Å²) < 4.78 is 24.5. The normalized spacial score (nSPS) is 10.7. The molecule has 0 unspecified atom stereocenters. The third-order valence-electron chi connectivity index (χ3n) is 4.46. The topological polar surface area (TPSA) is 76.4 Å². The highest BCUT2D eigenvalue weighted by Crippen LogP contribution is 2.27. The van der Waals surface area contributed by atoms with E-state index in [-0.39, 0.29) is 15.7 Å². The number of ether oxygens (including phenoxy) is 1. The van der Waals surface area contributed by atoms with Crippen LogP contribution in [0.3, 0.4) is 0 Å². The van der Waals surface area contributed by atoms with E-state index in [0.717, 1.165) is 23.4 Å². The summed E-state index contributed by atoms with van der Waals surface area (Å²) in [7, 11) is 0. The Bertz CT molecular complexity index is 1310. The third-order valence-corrected chi connectivity index (χ3v) is 4.98. The fraction of sp³-hybridized carbons (Fsp3) is 0.0870. The van der Waals surface area contributed by atoms with Crippen LogP contribution in [-0.4, -0.2) is 22.6 Å². The Morgan fingerprint density at radius 2 is 1.94 bits per heavy atom. The molecule has 0 saturated heterocycles. The predicted octanol–water partition coefficient (Wildman–Crippen LogP) is 5.81. The zero-order valence-corrected chi connectivity index (χ0v) is 18.4. The van der Waals surface area contributed by atoms with E-state index >= 15 is 0 Å². The summed E-state index contributed by atoms with van der Waals surface area (Å²) in [6.45, 7) is 2.52. The second-order valence-electron chi connectivity index (χ2n) is 6.69. The summed E-state index contributed by atoms with van der Waals surface area (Å²) >= 11 is 11.1. The highest BCUT2D eigenvalue weighted by Gasteiger charge is 2.14. The Morgan fingerprint density at radius 3 is 2.66 bits per heavy atom. The molecule has 0 atom stereocenters. The molecular weight excluding hydrogens is 453 g/mol. The molecule has 162 valence electrons. The molecule has 0 aliphatic carbocycles. The van der Waals surface area contributed by atoms with E-state index in [9.17, 15) is 9.18 Å². The number of nitrogens with zero attached hydrogens (tertiary/aromatic N) is 1. The van der Waals surface area contributed by atoms with Gasteiger partial charge in [0, 0.05) is 11.3 Å². The summed E-state index contributed by atoms with van der Waals surface area (Å²) in [5, 5.41) is 5.50. The van der Waals surface area contributed by atoms with Gasteiger partial charge >= 0.3 is 0 Å². The molecule has 4 aromatic rings. The Labute approximate surface area is 193 Å². The Kier molecular flexibility index (Phi) is 6.34. The number of rotatable bonds is 5. The van der Waals surface area contributed by atoms with Gasteiger partial charge in [0.1, 0.15) is 17.1 Å². The van der Waals surface area contributed by atoms with Crippen LogP contribution in [0.5, 0.6) is 5.75 Å². The first kappa shape index (κ1) is 21.7. The molecule has 4 rings (SSSR count). The molecule has 1 heterocycles. The van der Waals surface area contributed by atoms with E-state index in [1.54, 1.807) is 18.2 Å². The fourth-order valence-electron chi connectivity index (χ4n) is 3.00. The maximum atomic E-state index is 13.2. The lowest BCUT2D eigenvalue weighted by Crippen LogP contribution is -2.34. The molecule has 0 aliphatic rings. The highest BCUT2D eigenvalue weighted by atomic mass is 35.5. The number of thiocarbonyl (C=S) groups is 1. The summed E-state index contributed by atoms with van der Waals surface area (Å²) in [6.07, 6.45) is 0. The Morgan fingerprint density at radius 1 is 1.16 bits per heavy atom. The highest BCUT2D eigenvalue weighted by molar-refractivity contribution is 7.80. The van der Waals surface area contributed by atoms with Crippen molar-refractivity contribution in [3.05, 3.63) is 77.1 Å². The number of benzene rings is 3. The van der Waals surface area contributed by atoms with E-state index < -0.39 is 11.7 Å². The average molecular weight is 470 g/mol. The van der Waals surface area contributed by atoms with Crippen molar-refractivity contribution in [2.75, 3.05) is 11.9 Å². The van der Waals surface area contributed by atoms with Crippen molar-refractivity contribution < 1.29 is 18.3 Å². The van der Waals surface area contributed by atoms with E-state index in [1.807, 2.05) is 31.2 Å². The molecule has 0 bridgehead atoms. The van der Waals surface area contributed by atoms with Crippen LogP contribution < -0.4 is 15.4 Å². The van der Waals surface area contributed by atoms with Gasteiger partial charge in [-0.05, 0) is 79.8 Å². The number of amides is 1. The number of halogens is 2. The number of carbonyl (C=O) groups is 1. The monoisotopic (exact) mass is 469 g/mol. The smallest absolute Gasteiger partial charge is 0.258 e. The van der Waals surface area contributed by atoms with Gasteiger partial charge in [-0.2, -0.15) is 0 Å². The standard InChI is InChI=1S/C23H17ClFN3O3S/c1-2-30-16-7-3-13(4-8-16)22-27-19-12-15(6-10-20(19)31-22)26-23(32)28-21(29)17-9-5-14(25)11-18(17)24/h3-12H,2H2,1H3,(H2,26,28,29,32). The van der Waals surface area contributed by atoms with Crippen LogP contribution in [-0.2, 0) is 0 Å². The van der Waals surface area contributed by atoms with E-state index in [2.05, 4.69) is 15.6 Å². The third kappa shape index (κ3) is 4.87. The first-order chi connectivity index (χ1) is 15.4. The second-order valence-corrected chi connectivity index (χ2v) is 7.51. The van der Waals surface area contributed by atoms with Gasteiger partial charge in [0.15, 0.2) is 10.7 Å². The number of hydrogen-bond donors (Lipinski definition) is 2.